The van der Waals surface area contributed by atoms with Crippen LogP contribution < -0.4 is 0 Å². The number of carbonyl (C=O) groups is 4. The summed E-state index contributed by atoms with van der Waals surface area (Å²) >= 11 is 0. The van der Waals surface area contributed by atoms with E-state index in [0.29, 0.717) is 0 Å². The third-order valence-corrected chi connectivity index (χ3v) is 3.40. The summed E-state index contributed by atoms with van der Waals surface area (Å²) in [6, 6.07) is 3.10. The number of hydrogen-bond donors (Lipinski definition) is 2. The molecule has 14 nitrogen and oxygen atoms in total. The Bertz CT molecular complexity index is 947. The van der Waals surface area contributed by atoms with Crippen LogP contribution in [0.3, 0.4) is 0 Å². The van der Waals surface area contributed by atoms with Crippen LogP contribution in [0.1, 0.15) is 6.42 Å². The fraction of sp³-hybridized carbons (Fsp3) is 0.400. The number of ether oxygens (including phenoxy) is 4. The molecule has 1 atom stereocenters. The van der Waals surface area contributed by atoms with E-state index in [9.17, 15) is 19.2 Å². The van der Waals surface area contributed by atoms with E-state index >= 15 is 0 Å². The number of methoxy groups -OCH3 is 4. The maximum Gasteiger partial charge on any atom is 0.347 e. The molecule has 0 radical (unpaired) electrons. The van der Waals surface area contributed by atoms with Gasteiger partial charge in [0.25, 0.3) is 0 Å². The average Bonchev–Trinajstić information content (AvgIpc) is 2.89. The molecule has 1 unspecified atom stereocenters. The van der Waals surface area contributed by atoms with Gasteiger partial charge in [-0.3, -0.25) is 16.5 Å². The Hall–Kier alpha value is -4.58. The smallest absolute Gasteiger partial charge is 0.347 e. The second-order valence-corrected chi connectivity index (χ2v) is 5.42. The lowest BCUT2D eigenvalue weighted by molar-refractivity contribution is -0.151. The molecule has 0 aliphatic rings. The first-order chi connectivity index (χ1) is 16.0. The maximum absolute atomic E-state index is 11.4. The van der Waals surface area contributed by atoms with Crippen molar-refractivity contribution in [1.82, 2.24) is 0 Å². The second-order valence-electron chi connectivity index (χ2n) is 5.42. The van der Waals surface area contributed by atoms with Crippen LogP contribution in [0.25, 0.3) is 10.8 Å². The van der Waals surface area contributed by atoms with Crippen LogP contribution in [0.15, 0.2) is 23.3 Å². The zero-order chi connectivity index (χ0) is 27.3. The van der Waals surface area contributed by atoms with E-state index in [2.05, 4.69) is 25.5 Å². The molecule has 0 aromatic carbocycles. The minimum atomic E-state index is -1.96. The molecule has 0 aliphatic heterocycles. The fourth-order valence-corrected chi connectivity index (χ4v) is 1.53. The lowest BCUT2D eigenvalue weighted by Crippen LogP contribution is -2.36. The average molecular weight is 478 g/mol. The highest BCUT2D eigenvalue weighted by atomic mass is 16.5. The normalized spacial score (nSPS) is 10.0. The molecular formula is C20H22N4O10-2. The summed E-state index contributed by atoms with van der Waals surface area (Å²) in [4.78, 5) is 43.0. The van der Waals surface area contributed by atoms with Crippen molar-refractivity contribution >= 4 is 35.6 Å². The Kier molecular flexibility index (Phi) is 19.2. The number of carbonyl (C=O) groups excluding carboxylic acids is 4. The summed E-state index contributed by atoms with van der Waals surface area (Å²) < 4.78 is 16.9. The van der Waals surface area contributed by atoms with Gasteiger partial charge < -0.3 is 40.0 Å². The number of aliphatic hydroxyl groups is 2. The van der Waals surface area contributed by atoms with Crippen molar-refractivity contribution in [3.05, 3.63) is 34.1 Å². The van der Waals surface area contributed by atoms with Gasteiger partial charge in [0.1, 0.15) is 11.6 Å². The van der Waals surface area contributed by atoms with Crippen molar-refractivity contribution in [3.63, 3.8) is 0 Å². The lowest BCUT2D eigenvalue weighted by Gasteiger charge is -2.21. The van der Waals surface area contributed by atoms with Crippen LogP contribution in [0.4, 0.5) is 0 Å². The van der Waals surface area contributed by atoms with Crippen molar-refractivity contribution in [2.45, 2.75) is 6.42 Å². The first-order valence-electron chi connectivity index (χ1n) is 8.56. The van der Waals surface area contributed by atoms with E-state index in [-0.39, 0.29) is 11.1 Å². The van der Waals surface area contributed by atoms with E-state index in [1.54, 1.807) is 12.1 Å². The quantitative estimate of drug-likeness (QED) is 0.140. The number of esters is 4. The van der Waals surface area contributed by atoms with Gasteiger partial charge in [0.2, 0.25) is 0 Å². The van der Waals surface area contributed by atoms with Crippen LogP contribution in [0.2, 0.25) is 0 Å². The molecule has 0 amide bonds. The summed E-state index contributed by atoms with van der Waals surface area (Å²) in [6.45, 7) is 1.68. The van der Waals surface area contributed by atoms with Gasteiger partial charge in [-0.15, -0.1) is 0 Å². The highest BCUT2D eigenvalue weighted by Gasteiger charge is 2.41. The summed E-state index contributed by atoms with van der Waals surface area (Å²) in [5.74, 6) is -0.398. The summed E-state index contributed by atoms with van der Waals surface area (Å²) in [6.07, 6.45) is -0.560. The maximum atomic E-state index is 11.4. The van der Waals surface area contributed by atoms with Crippen molar-refractivity contribution in [2.75, 3.05) is 41.7 Å². The molecule has 0 aliphatic carbocycles. The van der Waals surface area contributed by atoms with E-state index in [4.69, 9.17) is 31.6 Å². The minimum absolute atomic E-state index is 0.174. The summed E-state index contributed by atoms with van der Waals surface area (Å²) in [5.41, 5.74) is -2.85. The van der Waals surface area contributed by atoms with Gasteiger partial charge in [0, 0.05) is 6.42 Å². The molecule has 14 heteroatoms. The summed E-state index contributed by atoms with van der Waals surface area (Å²) in [7, 11) is 4.44. The molecule has 0 rings (SSSR count). The van der Waals surface area contributed by atoms with E-state index in [1.165, 1.54) is 18.8 Å². The molecule has 0 saturated heterocycles. The Morgan fingerprint density at radius 3 is 1.50 bits per heavy atom. The van der Waals surface area contributed by atoms with Crippen molar-refractivity contribution < 1.29 is 48.3 Å². The zero-order valence-corrected chi connectivity index (χ0v) is 18.8. The van der Waals surface area contributed by atoms with Gasteiger partial charge in [-0.2, -0.15) is 10.5 Å². The predicted molar refractivity (Wildman–Crippen MR) is 113 cm³/mol. The number of aliphatic hydroxyl groups excluding tert-OH is 2. The van der Waals surface area contributed by atoms with Crippen molar-refractivity contribution in [3.8, 4) is 12.1 Å². The van der Waals surface area contributed by atoms with E-state index in [1.807, 2.05) is 0 Å². The second kappa shape index (κ2) is 19.1. The van der Waals surface area contributed by atoms with Gasteiger partial charge >= 0.3 is 23.9 Å². The first-order valence-corrected chi connectivity index (χ1v) is 8.56. The van der Waals surface area contributed by atoms with Gasteiger partial charge in [0.05, 0.1) is 58.9 Å². The van der Waals surface area contributed by atoms with Crippen molar-refractivity contribution in [1.29, 1.82) is 10.5 Å². The highest BCUT2D eigenvalue weighted by molar-refractivity contribution is 6.00. The van der Waals surface area contributed by atoms with Crippen LogP contribution in [0, 0.1) is 28.1 Å². The van der Waals surface area contributed by atoms with E-state index < -0.39 is 54.5 Å². The lowest BCUT2D eigenvalue weighted by atomic mass is 9.84. The minimum Gasteiger partial charge on any atom is -0.763 e. The molecule has 0 spiro atoms. The highest BCUT2D eigenvalue weighted by Crippen LogP contribution is 2.26. The van der Waals surface area contributed by atoms with Crippen LogP contribution in [0.5, 0.6) is 0 Å². The molecule has 0 saturated carbocycles. The Balaban J connectivity index is -0.000000474. The number of hydrogen-bond acceptors (Lipinski definition) is 12. The number of nitriles is 2. The van der Waals surface area contributed by atoms with Gasteiger partial charge in [-0.05, 0) is 0 Å². The SMILES string of the molecule is C=C(C#N)C(=O)OC.COC(=O)C(=C=[N-])CC(C#N)(CO)C(=O)OC.COC(=O)C(=C=[N-])CO. The molecule has 184 valence electrons. The largest absolute Gasteiger partial charge is 0.763 e. The van der Waals surface area contributed by atoms with Gasteiger partial charge in [-0.25, -0.2) is 14.4 Å². The first kappa shape index (κ1) is 34.0. The third-order valence-electron chi connectivity index (χ3n) is 3.40. The molecule has 0 aromatic rings. The molecule has 0 aromatic heterocycles. The molecule has 0 fully saturated rings. The molecule has 34 heavy (non-hydrogen) atoms. The van der Waals surface area contributed by atoms with E-state index in [0.717, 1.165) is 21.3 Å². The fourth-order valence-electron chi connectivity index (χ4n) is 1.53. The van der Waals surface area contributed by atoms with Crippen molar-refractivity contribution in [2.24, 2.45) is 5.41 Å². The van der Waals surface area contributed by atoms with Crippen LogP contribution >= 0.6 is 0 Å². The van der Waals surface area contributed by atoms with Crippen LogP contribution in [-0.2, 0) is 38.1 Å². The summed E-state index contributed by atoms with van der Waals surface area (Å²) in [5, 5.41) is 51.0. The predicted octanol–water partition coefficient (Wildman–Crippen LogP) is -1.05. The molecule has 0 heterocycles. The molecule has 2 N–H and O–H groups in total. The Morgan fingerprint density at radius 1 is 0.853 bits per heavy atom. The Morgan fingerprint density at radius 2 is 1.29 bits per heavy atom. The molecular weight excluding hydrogens is 456 g/mol. The van der Waals surface area contributed by atoms with Gasteiger partial charge in [0.15, 0.2) is 5.41 Å². The zero-order valence-electron chi connectivity index (χ0n) is 18.8. The monoisotopic (exact) mass is 478 g/mol. The molecule has 0 bridgehead atoms. The Labute approximate surface area is 194 Å². The number of nitrogens with zero attached hydrogens (tertiary/aromatic N) is 4. The van der Waals surface area contributed by atoms with Crippen LogP contribution in [-0.4, -0.2) is 87.5 Å². The topological polar surface area (TPSA) is 238 Å². The number of rotatable bonds is 8. The van der Waals surface area contributed by atoms with Gasteiger partial charge in [-0.1, -0.05) is 6.58 Å². The third kappa shape index (κ3) is 11.7. The standard InChI is InChI=1S/C10H11N2O5.C5H6NO3.C5H5NO2/c1-16-8(14)7(4-11)3-10(5-12,6-13)9(15)17-2;1-9-5(8)4(2-6)3-7;1-4(3-6)5(7)8-2/h13H,3,6H2,1-2H3;7H,3H2,1H3;1H2,2H3/q2*-1;.